The van der Waals surface area contributed by atoms with Crippen molar-refractivity contribution in [2.24, 2.45) is 0 Å². The Morgan fingerprint density at radius 3 is 2.79 bits per heavy atom. The van der Waals surface area contributed by atoms with E-state index in [1.807, 2.05) is 18.2 Å². The molecule has 0 unspecified atom stereocenters. The first-order valence-electron chi connectivity index (χ1n) is 7.82. The van der Waals surface area contributed by atoms with Crippen LogP contribution in [0.3, 0.4) is 0 Å². The van der Waals surface area contributed by atoms with E-state index in [0.29, 0.717) is 12.2 Å². The van der Waals surface area contributed by atoms with Crippen molar-refractivity contribution in [1.29, 1.82) is 0 Å². The molecule has 24 heavy (non-hydrogen) atoms. The molecule has 3 aromatic rings. The van der Waals surface area contributed by atoms with Crippen LogP contribution in [0, 0.1) is 5.82 Å². The van der Waals surface area contributed by atoms with Crippen LogP contribution in [0.1, 0.15) is 5.69 Å². The minimum absolute atomic E-state index is 0.233. The predicted molar refractivity (Wildman–Crippen MR) is 96.3 cm³/mol. The molecule has 124 valence electrons. The molecule has 4 nitrogen and oxygen atoms in total. The Labute approximate surface area is 148 Å². The summed E-state index contributed by atoms with van der Waals surface area (Å²) >= 11 is 7.71. The van der Waals surface area contributed by atoms with Crippen molar-refractivity contribution < 1.29 is 4.39 Å². The van der Waals surface area contributed by atoms with E-state index < -0.39 is 0 Å². The van der Waals surface area contributed by atoms with Gasteiger partial charge in [-0.15, -0.1) is 0 Å². The zero-order valence-electron chi connectivity index (χ0n) is 13.0. The lowest BCUT2D eigenvalue weighted by atomic mass is 10.2. The minimum Gasteiger partial charge on any atom is -0.345 e. The van der Waals surface area contributed by atoms with Gasteiger partial charge in [-0.1, -0.05) is 22.9 Å². The normalized spacial score (nSPS) is 16.0. The standard InChI is InChI=1S/C17H16ClFN4S/c18-12-3-4-14-16(10-12)24-17(21-14)23-8-6-22(7-9-23)11-15-13(19)2-1-5-20-15/h1-5,10H,6-9,11H2. The second kappa shape index (κ2) is 6.63. The van der Waals surface area contributed by atoms with Gasteiger partial charge in [-0.25, -0.2) is 9.37 Å². The lowest BCUT2D eigenvalue weighted by Gasteiger charge is -2.34. The van der Waals surface area contributed by atoms with Gasteiger partial charge in [0.2, 0.25) is 0 Å². The number of thiazole rings is 1. The number of aromatic nitrogens is 2. The van der Waals surface area contributed by atoms with Crippen molar-refractivity contribution in [3.63, 3.8) is 0 Å². The summed E-state index contributed by atoms with van der Waals surface area (Å²) in [7, 11) is 0. The summed E-state index contributed by atoms with van der Waals surface area (Å²) in [6.07, 6.45) is 1.64. The summed E-state index contributed by atoms with van der Waals surface area (Å²) in [6.45, 7) is 4.04. The van der Waals surface area contributed by atoms with Gasteiger partial charge in [0.25, 0.3) is 0 Å². The van der Waals surface area contributed by atoms with E-state index in [-0.39, 0.29) is 5.82 Å². The van der Waals surface area contributed by atoms with E-state index >= 15 is 0 Å². The van der Waals surface area contributed by atoms with Gasteiger partial charge in [0.15, 0.2) is 5.13 Å². The van der Waals surface area contributed by atoms with E-state index in [1.165, 1.54) is 6.07 Å². The molecule has 7 heteroatoms. The molecule has 1 aromatic carbocycles. The zero-order valence-corrected chi connectivity index (χ0v) is 14.5. The first-order chi connectivity index (χ1) is 11.7. The summed E-state index contributed by atoms with van der Waals surface area (Å²) in [5.74, 6) is -0.233. The molecule has 3 heterocycles. The molecule has 1 saturated heterocycles. The Morgan fingerprint density at radius 2 is 2.00 bits per heavy atom. The van der Waals surface area contributed by atoms with Gasteiger partial charge in [0.05, 0.1) is 15.9 Å². The van der Waals surface area contributed by atoms with Gasteiger partial charge in [-0.3, -0.25) is 9.88 Å². The largest absolute Gasteiger partial charge is 0.345 e. The van der Waals surface area contributed by atoms with Crippen LogP contribution in [0.2, 0.25) is 5.02 Å². The fraction of sp³-hybridized carbons (Fsp3) is 0.294. The van der Waals surface area contributed by atoms with Crippen molar-refractivity contribution in [3.8, 4) is 0 Å². The average molecular weight is 363 g/mol. The van der Waals surface area contributed by atoms with Gasteiger partial charge in [-0.05, 0) is 30.3 Å². The summed E-state index contributed by atoms with van der Waals surface area (Å²) in [6, 6.07) is 8.86. The maximum absolute atomic E-state index is 13.7. The third kappa shape index (κ3) is 3.22. The highest BCUT2D eigenvalue weighted by Gasteiger charge is 2.21. The Hall–Kier alpha value is -1.76. The number of fused-ring (bicyclic) bond motifs is 1. The molecule has 0 spiro atoms. The number of nitrogens with zero attached hydrogens (tertiary/aromatic N) is 4. The van der Waals surface area contributed by atoms with Crippen LogP contribution in [0.4, 0.5) is 9.52 Å². The Bertz CT molecular complexity index is 861. The third-order valence-corrected chi connectivity index (χ3v) is 5.50. The smallest absolute Gasteiger partial charge is 0.186 e. The minimum atomic E-state index is -0.233. The number of halogens is 2. The highest BCUT2D eigenvalue weighted by Crippen LogP contribution is 2.31. The van der Waals surface area contributed by atoms with Crippen molar-refractivity contribution in [1.82, 2.24) is 14.9 Å². The molecular weight excluding hydrogens is 347 g/mol. The Balaban J connectivity index is 1.42. The van der Waals surface area contributed by atoms with Crippen LogP contribution in [-0.4, -0.2) is 41.0 Å². The highest BCUT2D eigenvalue weighted by atomic mass is 35.5. The lowest BCUT2D eigenvalue weighted by molar-refractivity contribution is 0.243. The number of benzene rings is 1. The summed E-state index contributed by atoms with van der Waals surface area (Å²) in [5, 5.41) is 1.76. The predicted octanol–water partition coefficient (Wildman–Crippen LogP) is 3.81. The third-order valence-electron chi connectivity index (χ3n) is 4.19. The van der Waals surface area contributed by atoms with E-state index in [1.54, 1.807) is 23.6 Å². The molecule has 2 aromatic heterocycles. The van der Waals surface area contributed by atoms with Crippen molar-refractivity contribution in [2.45, 2.75) is 6.54 Å². The van der Waals surface area contributed by atoms with Crippen molar-refractivity contribution in [2.75, 3.05) is 31.1 Å². The number of anilines is 1. The van der Waals surface area contributed by atoms with Gasteiger partial charge in [0.1, 0.15) is 5.82 Å². The van der Waals surface area contributed by atoms with Gasteiger partial charge in [-0.2, -0.15) is 0 Å². The Morgan fingerprint density at radius 1 is 1.17 bits per heavy atom. The monoisotopic (exact) mass is 362 g/mol. The highest BCUT2D eigenvalue weighted by molar-refractivity contribution is 7.22. The molecule has 4 rings (SSSR count). The molecule has 0 bridgehead atoms. The first kappa shape index (κ1) is 15.7. The summed E-state index contributed by atoms with van der Waals surface area (Å²) in [4.78, 5) is 13.3. The topological polar surface area (TPSA) is 32.3 Å². The van der Waals surface area contributed by atoms with E-state index in [2.05, 4.69) is 14.8 Å². The van der Waals surface area contributed by atoms with Crippen LogP contribution in [0.25, 0.3) is 10.2 Å². The number of hydrogen-bond acceptors (Lipinski definition) is 5. The van der Waals surface area contributed by atoms with Gasteiger partial charge in [0, 0.05) is 43.9 Å². The molecule has 0 saturated carbocycles. The molecule has 0 amide bonds. The molecular formula is C17H16ClFN4S. The SMILES string of the molecule is Fc1cccnc1CN1CCN(c2nc3ccc(Cl)cc3s2)CC1. The van der Waals surface area contributed by atoms with Gasteiger partial charge < -0.3 is 4.90 Å². The van der Waals surface area contributed by atoms with Gasteiger partial charge >= 0.3 is 0 Å². The molecule has 1 fully saturated rings. The summed E-state index contributed by atoms with van der Waals surface area (Å²) in [5.41, 5.74) is 1.50. The molecule has 0 atom stereocenters. The van der Waals surface area contributed by atoms with Crippen LogP contribution in [0.15, 0.2) is 36.5 Å². The van der Waals surface area contributed by atoms with Crippen molar-refractivity contribution in [3.05, 3.63) is 53.1 Å². The lowest BCUT2D eigenvalue weighted by Crippen LogP contribution is -2.46. The number of pyridine rings is 1. The quantitative estimate of drug-likeness (QED) is 0.709. The second-order valence-corrected chi connectivity index (χ2v) is 7.25. The average Bonchev–Trinajstić information content (AvgIpc) is 3.01. The van der Waals surface area contributed by atoms with Crippen LogP contribution in [0.5, 0.6) is 0 Å². The van der Waals surface area contributed by atoms with E-state index in [9.17, 15) is 4.39 Å². The van der Waals surface area contributed by atoms with E-state index in [0.717, 1.165) is 46.5 Å². The molecule has 0 aliphatic carbocycles. The number of rotatable bonds is 3. The molecule has 0 radical (unpaired) electrons. The maximum Gasteiger partial charge on any atom is 0.186 e. The molecule has 0 N–H and O–H groups in total. The molecule has 1 aliphatic rings. The first-order valence-corrected chi connectivity index (χ1v) is 9.01. The molecule has 1 aliphatic heterocycles. The number of hydrogen-bond donors (Lipinski definition) is 0. The van der Waals surface area contributed by atoms with Crippen molar-refractivity contribution >= 4 is 38.3 Å². The summed E-state index contributed by atoms with van der Waals surface area (Å²) < 4.78 is 14.8. The van der Waals surface area contributed by atoms with Crippen LogP contribution in [-0.2, 0) is 6.54 Å². The maximum atomic E-state index is 13.7. The fourth-order valence-electron chi connectivity index (χ4n) is 2.87. The second-order valence-electron chi connectivity index (χ2n) is 5.80. The van der Waals surface area contributed by atoms with E-state index in [4.69, 9.17) is 16.6 Å². The van der Waals surface area contributed by atoms with Crippen LogP contribution < -0.4 is 4.90 Å². The zero-order chi connectivity index (χ0) is 16.5. The Kier molecular flexibility index (Phi) is 4.35. The fourth-order valence-corrected chi connectivity index (χ4v) is 4.16. The van der Waals surface area contributed by atoms with Crippen LogP contribution >= 0.6 is 22.9 Å². The number of piperazine rings is 1.